The third-order valence-corrected chi connectivity index (χ3v) is 3.18. The summed E-state index contributed by atoms with van der Waals surface area (Å²) < 4.78 is 4.56. The first-order valence-electron chi connectivity index (χ1n) is 6.51. The Hall–Kier alpha value is -2.18. The van der Waals surface area contributed by atoms with Crippen molar-refractivity contribution in [2.24, 2.45) is 5.92 Å². The Bertz CT molecular complexity index is 487. The van der Waals surface area contributed by atoms with Gasteiger partial charge in [-0.3, -0.25) is 10.1 Å². The van der Waals surface area contributed by atoms with E-state index in [2.05, 4.69) is 28.9 Å². The summed E-state index contributed by atoms with van der Waals surface area (Å²) in [6.45, 7) is 4.69. The smallest absolute Gasteiger partial charge is 0.356 e. The van der Waals surface area contributed by atoms with Crippen LogP contribution in [-0.2, 0) is 4.74 Å². The Morgan fingerprint density at radius 1 is 1.45 bits per heavy atom. The normalized spacial score (nSPS) is 10.4. The zero-order chi connectivity index (χ0) is 15.1. The Morgan fingerprint density at radius 3 is 2.60 bits per heavy atom. The van der Waals surface area contributed by atoms with Crippen LogP contribution in [0.4, 0.5) is 11.5 Å². The number of methoxy groups -OCH3 is 1. The van der Waals surface area contributed by atoms with Crippen LogP contribution in [0, 0.1) is 16.0 Å². The third kappa shape index (κ3) is 3.91. The number of aromatic nitrogens is 1. The molecule has 0 unspecified atom stereocenters. The number of nitro groups is 1. The molecule has 0 atom stereocenters. The molecule has 0 aliphatic carbocycles. The van der Waals surface area contributed by atoms with Crippen LogP contribution in [0.25, 0.3) is 0 Å². The van der Waals surface area contributed by atoms with E-state index in [1.165, 1.54) is 19.2 Å². The first-order valence-corrected chi connectivity index (χ1v) is 6.51. The average Bonchev–Trinajstić information content (AvgIpc) is 2.47. The fourth-order valence-corrected chi connectivity index (χ4v) is 1.77. The number of hydrogen-bond donors (Lipinski definition) is 1. The Morgan fingerprint density at radius 2 is 2.10 bits per heavy atom. The molecular formula is C13H19N3O4. The molecule has 0 aliphatic rings. The maximum atomic E-state index is 11.4. The number of rotatable bonds is 7. The van der Waals surface area contributed by atoms with Crippen LogP contribution in [0.2, 0.25) is 0 Å². The number of carbonyl (C=O) groups excluding carboxylic acids is 1. The van der Waals surface area contributed by atoms with Crippen LogP contribution in [0.5, 0.6) is 0 Å². The predicted octanol–water partition coefficient (Wildman–Crippen LogP) is 2.62. The van der Waals surface area contributed by atoms with Gasteiger partial charge in [0.05, 0.1) is 12.0 Å². The second kappa shape index (κ2) is 7.42. The SMILES string of the molecule is CCC(CC)CNc1nc(C(=O)OC)ccc1[N+](=O)[O-]. The summed E-state index contributed by atoms with van der Waals surface area (Å²) in [6, 6.07) is 2.54. The number of hydrogen-bond acceptors (Lipinski definition) is 6. The van der Waals surface area contributed by atoms with Gasteiger partial charge in [-0.15, -0.1) is 0 Å². The fourth-order valence-electron chi connectivity index (χ4n) is 1.77. The van der Waals surface area contributed by atoms with Gasteiger partial charge in [-0.25, -0.2) is 9.78 Å². The zero-order valence-corrected chi connectivity index (χ0v) is 11.9. The van der Waals surface area contributed by atoms with E-state index in [1.54, 1.807) is 0 Å². The highest BCUT2D eigenvalue weighted by Crippen LogP contribution is 2.23. The van der Waals surface area contributed by atoms with Gasteiger partial charge in [-0.1, -0.05) is 26.7 Å². The Balaban J connectivity index is 3.00. The standard InChI is InChI=1S/C13H19N3O4/c1-4-9(5-2)8-14-12-11(16(18)19)7-6-10(15-12)13(17)20-3/h6-7,9H,4-5,8H2,1-3H3,(H,14,15). The van der Waals surface area contributed by atoms with Gasteiger partial charge >= 0.3 is 11.7 Å². The summed E-state index contributed by atoms with van der Waals surface area (Å²) in [6.07, 6.45) is 1.93. The summed E-state index contributed by atoms with van der Waals surface area (Å²) in [5, 5.41) is 13.9. The molecule has 1 aromatic heterocycles. The quantitative estimate of drug-likeness (QED) is 0.469. The van der Waals surface area contributed by atoms with E-state index in [9.17, 15) is 14.9 Å². The molecule has 0 saturated carbocycles. The van der Waals surface area contributed by atoms with Crippen molar-refractivity contribution in [1.82, 2.24) is 4.98 Å². The predicted molar refractivity (Wildman–Crippen MR) is 74.8 cm³/mol. The third-order valence-electron chi connectivity index (χ3n) is 3.18. The zero-order valence-electron chi connectivity index (χ0n) is 11.9. The second-order valence-corrected chi connectivity index (χ2v) is 4.38. The number of carbonyl (C=O) groups is 1. The monoisotopic (exact) mass is 281 g/mol. The molecule has 0 aliphatic heterocycles. The Kier molecular flexibility index (Phi) is 5.89. The van der Waals surface area contributed by atoms with E-state index in [-0.39, 0.29) is 17.2 Å². The molecule has 110 valence electrons. The summed E-state index contributed by atoms with van der Waals surface area (Å²) in [7, 11) is 1.24. The summed E-state index contributed by atoms with van der Waals surface area (Å²) >= 11 is 0. The molecule has 0 fully saturated rings. The lowest BCUT2D eigenvalue weighted by Gasteiger charge is -2.14. The molecule has 20 heavy (non-hydrogen) atoms. The molecule has 0 bridgehead atoms. The first kappa shape index (κ1) is 15.9. The summed E-state index contributed by atoms with van der Waals surface area (Å²) in [5.41, 5.74) is -0.103. The number of nitrogens with zero attached hydrogens (tertiary/aromatic N) is 2. The minimum atomic E-state index is -0.620. The number of pyridine rings is 1. The molecule has 1 aromatic rings. The van der Waals surface area contributed by atoms with E-state index < -0.39 is 10.9 Å². The van der Waals surface area contributed by atoms with Crippen molar-refractivity contribution >= 4 is 17.5 Å². The first-order chi connectivity index (χ1) is 9.53. The topological polar surface area (TPSA) is 94.4 Å². The van der Waals surface area contributed by atoms with Gasteiger partial charge in [-0.2, -0.15) is 0 Å². The van der Waals surface area contributed by atoms with E-state index in [1.807, 2.05) is 0 Å². The highest BCUT2D eigenvalue weighted by atomic mass is 16.6. The lowest BCUT2D eigenvalue weighted by Crippen LogP contribution is -2.16. The van der Waals surface area contributed by atoms with Gasteiger partial charge in [0.2, 0.25) is 5.82 Å². The molecule has 0 spiro atoms. The van der Waals surface area contributed by atoms with E-state index in [0.717, 1.165) is 12.8 Å². The van der Waals surface area contributed by atoms with Gasteiger partial charge < -0.3 is 10.1 Å². The van der Waals surface area contributed by atoms with Gasteiger partial charge in [0.1, 0.15) is 0 Å². The van der Waals surface area contributed by atoms with Crippen LogP contribution < -0.4 is 5.32 Å². The van der Waals surface area contributed by atoms with Crippen molar-refractivity contribution in [2.75, 3.05) is 19.0 Å². The molecule has 0 radical (unpaired) electrons. The summed E-state index contributed by atoms with van der Waals surface area (Å²) in [5.74, 6) is -0.117. The molecule has 7 nitrogen and oxygen atoms in total. The lowest BCUT2D eigenvalue weighted by molar-refractivity contribution is -0.384. The maximum absolute atomic E-state index is 11.4. The molecule has 7 heteroatoms. The number of anilines is 1. The minimum absolute atomic E-state index is 0.0464. The van der Waals surface area contributed by atoms with Gasteiger partial charge in [0, 0.05) is 12.6 Å². The van der Waals surface area contributed by atoms with Gasteiger partial charge in [0.15, 0.2) is 5.69 Å². The fraction of sp³-hybridized carbons (Fsp3) is 0.538. The molecule has 1 N–H and O–H groups in total. The number of esters is 1. The van der Waals surface area contributed by atoms with Crippen LogP contribution in [0.1, 0.15) is 37.2 Å². The van der Waals surface area contributed by atoms with Crippen LogP contribution >= 0.6 is 0 Å². The average molecular weight is 281 g/mol. The van der Waals surface area contributed by atoms with Crippen LogP contribution in [-0.4, -0.2) is 29.5 Å². The minimum Gasteiger partial charge on any atom is -0.464 e. The maximum Gasteiger partial charge on any atom is 0.356 e. The van der Waals surface area contributed by atoms with Crippen LogP contribution in [0.15, 0.2) is 12.1 Å². The van der Waals surface area contributed by atoms with Crippen molar-refractivity contribution in [2.45, 2.75) is 26.7 Å². The van der Waals surface area contributed by atoms with Crippen molar-refractivity contribution in [3.63, 3.8) is 0 Å². The van der Waals surface area contributed by atoms with Crippen molar-refractivity contribution in [1.29, 1.82) is 0 Å². The van der Waals surface area contributed by atoms with E-state index in [4.69, 9.17) is 0 Å². The molecule has 0 aromatic carbocycles. The second-order valence-electron chi connectivity index (χ2n) is 4.38. The highest BCUT2D eigenvalue weighted by Gasteiger charge is 2.19. The molecule has 0 amide bonds. The van der Waals surface area contributed by atoms with E-state index in [0.29, 0.717) is 12.5 Å². The van der Waals surface area contributed by atoms with Crippen molar-refractivity contribution < 1.29 is 14.5 Å². The Labute approximate surface area is 117 Å². The number of nitrogens with one attached hydrogen (secondary N) is 1. The molecule has 0 saturated heterocycles. The molecule has 1 rings (SSSR count). The van der Waals surface area contributed by atoms with E-state index >= 15 is 0 Å². The van der Waals surface area contributed by atoms with Gasteiger partial charge in [-0.05, 0) is 12.0 Å². The largest absolute Gasteiger partial charge is 0.464 e. The molecule has 1 heterocycles. The van der Waals surface area contributed by atoms with Crippen molar-refractivity contribution in [3.8, 4) is 0 Å². The van der Waals surface area contributed by atoms with Crippen LogP contribution in [0.3, 0.4) is 0 Å². The number of ether oxygens (including phenoxy) is 1. The highest BCUT2D eigenvalue weighted by molar-refractivity contribution is 5.88. The summed E-state index contributed by atoms with van der Waals surface area (Å²) in [4.78, 5) is 25.8. The van der Waals surface area contributed by atoms with Gasteiger partial charge in [0.25, 0.3) is 0 Å². The lowest BCUT2D eigenvalue weighted by atomic mass is 10.0. The molecular weight excluding hydrogens is 262 g/mol. The van der Waals surface area contributed by atoms with Crippen molar-refractivity contribution in [3.05, 3.63) is 27.9 Å².